The fraction of sp³-hybridized carbons (Fsp3) is 0.400. The highest BCUT2D eigenvalue weighted by molar-refractivity contribution is 7.20. The second-order valence-corrected chi connectivity index (χ2v) is 7.91. The number of carbonyl (C=O) groups excluding carboxylic acids is 1. The number of thiophene rings is 1. The highest BCUT2D eigenvalue weighted by atomic mass is 32.1. The van der Waals surface area contributed by atoms with Crippen LogP contribution < -0.4 is 10.1 Å². The summed E-state index contributed by atoms with van der Waals surface area (Å²) in [5.41, 5.74) is 0.944. The topological polar surface area (TPSA) is 56.2 Å². The number of para-hydroxylation sites is 1. The fourth-order valence-electron chi connectivity index (χ4n) is 2.80. The van der Waals surface area contributed by atoms with Gasteiger partial charge in [-0.25, -0.2) is 4.39 Å². The molecule has 3 rings (SSSR count). The predicted octanol–water partition coefficient (Wildman–Crippen LogP) is 4.40. The SMILES string of the molecule is Cc1nn(CC(C)C)c2sc(C(=O)NCCCOc3ccccc3F)cc12. The van der Waals surface area contributed by atoms with E-state index in [0.29, 0.717) is 30.4 Å². The lowest BCUT2D eigenvalue weighted by Gasteiger charge is -2.07. The molecule has 144 valence electrons. The summed E-state index contributed by atoms with van der Waals surface area (Å²) in [4.78, 5) is 14.1. The van der Waals surface area contributed by atoms with Gasteiger partial charge in [0.25, 0.3) is 5.91 Å². The third kappa shape index (κ3) is 4.66. The number of hydrogen-bond donors (Lipinski definition) is 1. The lowest BCUT2D eigenvalue weighted by atomic mass is 10.2. The Morgan fingerprint density at radius 2 is 2.15 bits per heavy atom. The standard InChI is InChI=1S/C20H24FN3O2S/c1-13(2)12-24-20-15(14(3)23-24)11-18(27-20)19(25)22-9-6-10-26-17-8-5-4-7-16(17)21/h4-5,7-8,11,13H,6,9-10,12H2,1-3H3,(H,22,25). The van der Waals surface area contributed by atoms with Crippen LogP contribution in [0, 0.1) is 18.7 Å². The molecule has 0 saturated carbocycles. The summed E-state index contributed by atoms with van der Waals surface area (Å²) in [6.45, 7) is 7.91. The first kappa shape index (κ1) is 19.4. The Hall–Kier alpha value is -2.41. The number of nitrogens with one attached hydrogen (secondary N) is 1. The Balaban J connectivity index is 1.53. The number of aryl methyl sites for hydroxylation is 1. The monoisotopic (exact) mass is 389 g/mol. The molecule has 1 N–H and O–H groups in total. The maximum absolute atomic E-state index is 13.5. The minimum atomic E-state index is -0.377. The number of nitrogens with zero attached hydrogens (tertiary/aromatic N) is 2. The van der Waals surface area contributed by atoms with Crippen LogP contribution in [0.4, 0.5) is 4.39 Å². The van der Waals surface area contributed by atoms with Crippen molar-refractivity contribution in [2.75, 3.05) is 13.2 Å². The first-order valence-corrected chi connectivity index (χ1v) is 9.90. The number of ether oxygens (including phenoxy) is 1. The van der Waals surface area contributed by atoms with E-state index < -0.39 is 0 Å². The zero-order valence-electron chi connectivity index (χ0n) is 15.8. The number of rotatable bonds is 8. The van der Waals surface area contributed by atoms with Crippen LogP contribution in [0.2, 0.25) is 0 Å². The molecular weight excluding hydrogens is 365 g/mol. The van der Waals surface area contributed by atoms with Crippen molar-refractivity contribution in [2.24, 2.45) is 5.92 Å². The number of hydrogen-bond acceptors (Lipinski definition) is 4. The van der Waals surface area contributed by atoms with Gasteiger partial charge in [0.1, 0.15) is 4.83 Å². The summed E-state index contributed by atoms with van der Waals surface area (Å²) in [7, 11) is 0. The largest absolute Gasteiger partial charge is 0.490 e. The third-order valence-electron chi connectivity index (χ3n) is 4.07. The zero-order valence-corrected chi connectivity index (χ0v) is 16.6. The summed E-state index contributed by atoms with van der Waals surface area (Å²) >= 11 is 1.47. The Kier molecular flexibility index (Phi) is 6.11. The molecule has 0 aliphatic rings. The van der Waals surface area contributed by atoms with E-state index in [1.807, 2.05) is 17.7 Å². The highest BCUT2D eigenvalue weighted by Gasteiger charge is 2.16. The van der Waals surface area contributed by atoms with Gasteiger partial charge in [-0.3, -0.25) is 9.48 Å². The van der Waals surface area contributed by atoms with E-state index in [2.05, 4.69) is 24.3 Å². The maximum Gasteiger partial charge on any atom is 0.261 e. The van der Waals surface area contributed by atoms with Gasteiger partial charge in [0, 0.05) is 18.5 Å². The maximum atomic E-state index is 13.5. The Bertz CT molecular complexity index is 933. The number of fused-ring (bicyclic) bond motifs is 1. The van der Waals surface area contributed by atoms with Gasteiger partial charge < -0.3 is 10.1 Å². The van der Waals surface area contributed by atoms with E-state index in [1.165, 1.54) is 17.4 Å². The summed E-state index contributed by atoms with van der Waals surface area (Å²) in [6.07, 6.45) is 0.602. The lowest BCUT2D eigenvalue weighted by Crippen LogP contribution is -2.24. The number of carbonyl (C=O) groups is 1. The molecule has 1 amide bonds. The average molecular weight is 389 g/mol. The van der Waals surface area contributed by atoms with Gasteiger partial charge in [-0.2, -0.15) is 5.10 Å². The first-order chi connectivity index (χ1) is 13.0. The molecule has 27 heavy (non-hydrogen) atoms. The van der Waals surface area contributed by atoms with Crippen LogP contribution in [0.25, 0.3) is 10.2 Å². The van der Waals surface area contributed by atoms with Crippen LogP contribution in [-0.2, 0) is 6.54 Å². The van der Waals surface area contributed by atoms with Crippen LogP contribution >= 0.6 is 11.3 Å². The minimum Gasteiger partial charge on any atom is -0.490 e. The van der Waals surface area contributed by atoms with Gasteiger partial charge in [0.2, 0.25) is 0 Å². The van der Waals surface area contributed by atoms with Gasteiger partial charge in [-0.15, -0.1) is 11.3 Å². The van der Waals surface area contributed by atoms with Crippen molar-refractivity contribution in [1.29, 1.82) is 0 Å². The molecule has 0 radical (unpaired) electrons. The van der Waals surface area contributed by atoms with E-state index in [9.17, 15) is 9.18 Å². The van der Waals surface area contributed by atoms with Crippen molar-refractivity contribution in [3.05, 3.63) is 46.7 Å². The van der Waals surface area contributed by atoms with Crippen molar-refractivity contribution >= 4 is 27.5 Å². The zero-order chi connectivity index (χ0) is 19.4. The van der Waals surface area contributed by atoms with Crippen LogP contribution in [0.5, 0.6) is 5.75 Å². The molecule has 2 aromatic heterocycles. The second kappa shape index (κ2) is 8.52. The van der Waals surface area contributed by atoms with Gasteiger partial charge in [-0.05, 0) is 37.5 Å². The number of aromatic nitrogens is 2. The Labute approximate surface area is 162 Å². The van der Waals surface area contributed by atoms with E-state index in [4.69, 9.17) is 4.74 Å². The average Bonchev–Trinajstić information content (AvgIpc) is 3.17. The summed E-state index contributed by atoms with van der Waals surface area (Å²) in [6, 6.07) is 8.21. The number of halogens is 1. The van der Waals surface area contributed by atoms with Crippen molar-refractivity contribution in [1.82, 2.24) is 15.1 Å². The predicted molar refractivity (Wildman–Crippen MR) is 106 cm³/mol. The van der Waals surface area contributed by atoms with Gasteiger partial charge in [-0.1, -0.05) is 26.0 Å². The molecule has 1 aromatic carbocycles. The molecule has 0 spiro atoms. The van der Waals surface area contributed by atoms with E-state index >= 15 is 0 Å². The molecule has 0 fully saturated rings. The Morgan fingerprint density at radius 1 is 1.37 bits per heavy atom. The van der Waals surface area contributed by atoms with Gasteiger partial charge in [0.15, 0.2) is 11.6 Å². The quantitative estimate of drug-likeness (QED) is 0.581. The number of amides is 1. The molecule has 0 bridgehead atoms. The van der Waals surface area contributed by atoms with Gasteiger partial charge >= 0.3 is 0 Å². The van der Waals surface area contributed by atoms with Crippen molar-refractivity contribution < 1.29 is 13.9 Å². The normalized spacial score (nSPS) is 11.3. The molecule has 0 aliphatic heterocycles. The smallest absolute Gasteiger partial charge is 0.261 e. The summed E-state index contributed by atoms with van der Waals surface area (Å²) < 4.78 is 20.8. The molecule has 7 heteroatoms. The van der Waals surface area contributed by atoms with Crippen LogP contribution in [-0.4, -0.2) is 28.8 Å². The lowest BCUT2D eigenvalue weighted by molar-refractivity contribution is 0.0955. The van der Waals surface area contributed by atoms with Crippen molar-refractivity contribution in [3.63, 3.8) is 0 Å². The number of benzene rings is 1. The molecular formula is C20H24FN3O2S. The molecule has 0 saturated heterocycles. The highest BCUT2D eigenvalue weighted by Crippen LogP contribution is 2.28. The molecule has 0 atom stereocenters. The minimum absolute atomic E-state index is 0.0995. The van der Waals surface area contributed by atoms with E-state index in [-0.39, 0.29) is 17.5 Å². The summed E-state index contributed by atoms with van der Waals surface area (Å²) in [5, 5.41) is 8.50. The van der Waals surface area contributed by atoms with Crippen LogP contribution in [0.1, 0.15) is 35.6 Å². The van der Waals surface area contributed by atoms with Crippen molar-refractivity contribution in [2.45, 2.75) is 33.7 Å². The molecule has 3 aromatic rings. The third-order valence-corrected chi connectivity index (χ3v) is 5.22. The first-order valence-electron chi connectivity index (χ1n) is 9.08. The molecule has 0 aliphatic carbocycles. The fourth-order valence-corrected chi connectivity index (χ4v) is 3.89. The molecule has 5 nitrogen and oxygen atoms in total. The van der Waals surface area contributed by atoms with Gasteiger partial charge in [0.05, 0.1) is 17.2 Å². The molecule has 0 unspecified atom stereocenters. The van der Waals surface area contributed by atoms with E-state index in [1.54, 1.807) is 18.2 Å². The van der Waals surface area contributed by atoms with Crippen molar-refractivity contribution in [3.8, 4) is 5.75 Å². The van der Waals surface area contributed by atoms with Crippen LogP contribution in [0.15, 0.2) is 30.3 Å². The van der Waals surface area contributed by atoms with Crippen LogP contribution in [0.3, 0.4) is 0 Å². The van der Waals surface area contributed by atoms with E-state index in [0.717, 1.165) is 22.5 Å². The summed E-state index contributed by atoms with van der Waals surface area (Å²) in [5.74, 6) is 0.245. The second-order valence-electron chi connectivity index (χ2n) is 6.88. The Morgan fingerprint density at radius 3 is 2.89 bits per heavy atom. The molecule has 2 heterocycles.